The molecule has 2 aromatic carbocycles. The number of hydrogen-bond acceptors (Lipinski definition) is 6. The van der Waals surface area contributed by atoms with Crippen LogP contribution in [0.15, 0.2) is 78.6 Å². The Morgan fingerprint density at radius 3 is 2.65 bits per heavy atom. The van der Waals surface area contributed by atoms with Crippen LogP contribution in [0.2, 0.25) is 0 Å². The number of hydrogen-bond donors (Lipinski definition) is 2. The first-order valence-electron chi connectivity index (χ1n) is 10.9. The van der Waals surface area contributed by atoms with Gasteiger partial charge >= 0.3 is 5.91 Å². The fourth-order valence-electron chi connectivity index (χ4n) is 4.10. The summed E-state index contributed by atoms with van der Waals surface area (Å²) in [5.74, 6) is -1.12. The highest BCUT2D eigenvalue weighted by atomic mass is 16.5. The first kappa shape index (κ1) is 21.4. The monoisotopic (exact) mass is 454 g/mol. The Morgan fingerprint density at radius 1 is 1.09 bits per heavy atom. The topological polar surface area (TPSA) is 108 Å². The standard InChI is InChI=1S/C26H22N4O4/c1-15(2)34-18-9-5-7-16(13-18)23(31)21-22(17-8-6-12-27-14-17)30(25(33)24(21)32)26-28-19-10-3-4-11-20(19)29-26/h3-15,22,31H,1-2H3,(H,28,29)/b23-21+. The molecule has 0 saturated carbocycles. The number of carbonyl (C=O) groups is 2. The number of rotatable bonds is 5. The number of pyridine rings is 1. The molecule has 1 aliphatic heterocycles. The summed E-state index contributed by atoms with van der Waals surface area (Å²) in [6.07, 6.45) is 3.10. The zero-order valence-electron chi connectivity index (χ0n) is 18.6. The van der Waals surface area contributed by atoms with Crippen LogP contribution in [0.4, 0.5) is 5.95 Å². The van der Waals surface area contributed by atoms with E-state index in [9.17, 15) is 14.7 Å². The van der Waals surface area contributed by atoms with Crippen molar-refractivity contribution in [1.29, 1.82) is 0 Å². The zero-order chi connectivity index (χ0) is 23.8. The van der Waals surface area contributed by atoms with E-state index in [1.165, 1.54) is 4.90 Å². The van der Waals surface area contributed by atoms with Crippen LogP contribution in [0.1, 0.15) is 31.0 Å². The highest BCUT2D eigenvalue weighted by Crippen LogP contribution is 2.41. The Kier molecular flexibility index (Phi) is 5.33. The van der Waals surface area contributed by atoms with Crippen molar-refractivity contribution in [2.75, 3.05) is 4.90 Å². The van der Waals surface area contributed by atoms with Crippen LogP contribution in [-0.2, 0) is 9.59 Å². The second kappa shape index (κ2) is 8.47. The molecule has 1 unspecified atom stereocenters. The molecule has 1 atom stereocenters. The van der Waals surface area contributed by atoms with Gasteiger partial charge in [-0.25, -0.2) is 4.98 Å². The first-order valence-corrected chi connectivity index (χ1v) is 10.9. The van der Waals surface area contributed by atoms with Crippen LogP contribution in [0.3, 0.4) is 0 Å². The number of imidazole rings is 1. The lowest BCUT2D eigenvalue weighted by molar-refractivity contribution is -0.132. The fourth-order valence-corrected chi connectivity index (χ4v) is 4.10. The molecule has 5 rings (SSSR count). The van der Waals surface area contributed by atoms with Crippen molar-refractivity contribution in [3.63, 3.8) is 0 Å². The van der Waals surface area contributed by atoms with Gasteiger partial charge in [-0.3, -0.25) is 19.5 Å². The van der Waals surface area contributed by atoms with Gasteiger partial charge in [0.15, 0.2) is 0 Å². The third-order valence-electron chi connectivity index (χ3n) is 5.53. The molecule has 1 saturated heterocycles. The van der Waals surface area contributed by atoms with Crippen molar-refractivity contribution >= 4 is 34.4 Å². The summed E-state index contributed by atoms with van der Waals surface area (Å²) in [7, 11) is 0. The maximum absolute atomic E-state index is 13.3. The zero-order valence-corrected chi connectivity index (χ0v) is 18.6. The molecule has 0 aliphatic carbocycles. The Morgan fingerprint density at radius 2 is 1.91 bits per heavy atom. The van der Waals surface area contributed by atoms with E-state index in [0.717, 1.165) is 5.52 Å². The predicted molar refractivity (Wildman–Crippen MR) is 127 cm³/mol. The summed E-state index contributed by atoms with van der Waals surface area (Å²) in [6.45, 7) is 3.79. The van der Waals surface area contributed by atoms with Crippen molar-refractivity contribution in [2.24, 2.45) is 0 Å². The van der Waals surface area contributed by atoms with Gasteiger partial charge in [-0.05, 0) is 49.7 Å². The lowest BCUT2D eigenvalue weighted by Crippen LogP contribution is -2.30. The predicted octanol–water partition coefficient (Wildman–Crippen LogP) is 4.37. The molecule has 1 aliphatic rings. The largest absolute Gasteiger partial charge is 0.507 e. The number of anilines is 1. The second-order valence-corrected chi connectivity index (χ2v) is 8.23. The summed E-state index contributed by atoms with van der Waals surface area (Å²) >= 11 is 0. The number of aliphatic hydroxyl groups is 1. The minimum atomic E-state index is -0.913. The van der Waals surface area contributed by atoms with Crippen molar-refractivity contribution < 1.29 is 19.4 Å². The number of ether oxygens (including phenoxy) is 1. The number of benzene rings is 2. The van der Waals surface area contributed by atoms with Crippen LogP contribution in [-0.4, -0.2) is 37.9 Å². The van der Waals surface area contributed by atoms with E-state index in [1.54, 1.807) is 48.8 Å². The molecule has 170 valence electrons. The van der Waals surface area contributed by atoms with Gasteiger partial charge in [0.2, 0.25) is 5.95 Å². The van der Waals surface area contributed by atoms with E-state index in [1.807, 2.05) is 38.1 Å². The van der Waals surface area contributed by atoms with Crippen molar-refractivity contribution in [3.8, 4) is 5.75 Å². The summed E-state index contributed by atoms with van der Waals surface area (Å²) < 4.78 is 5.73. The van der Waals surface area contributed by atoms with Gasteiger partial charge in [0.25, 0.3) is 5.78 Å². The van der Waals surface area contributed by atoms with E-state index < -0.39 is 17.7 Å². The molecule has 0 bridgehead atoms. The number of aromatic nitrogens is 3. The third-order valence-corrected chi connectivity index (χ3v) is 5.53. The van der Waals surface area contributed by atoms with E-state index in [0.29, 0.717) is 22.4 Å². The molecule has 1 fully saturated rings. The Balaban J connectivity index is 1.68. The molecular formula is C26H22N4O4. The molecule has 8 nitrogen and oxygen atoms in total. The lowest BCUT2D eigenvalue weighted by atomic mass is 9.96. The SMILES string of the molecule is CC(C)Oc1cccc(/C(O)=C2\C(=O)C(=O)N(c3nc4ccccc4[nH]3)C2c2cccnc2)c1. The maximum atomic E-state index is 13.3. The number of aromatic amines is 1. The second-order valence-electron chi connectivity index (χ2n) is 8.23. The average Bonchev–Trinajstić information content (AvgIpc) is 3.37. The van der Waals surface area contributed by atoms with Crippen LogP contribution in [0.25, 0.3) is 16.8 Å². The highest BCUT2D eigenvalue weighted by Gasteiger charge is 2.48. The van der Waals surface area contributed by atoms with Crippen molar-refractivity contribution in [2.45, 2.75) is 26.0 Å². The number of aliphatic hydroxyl groups excluding tert-OH is 1. The normalized spacial score (nSPS) is 17.6. The number of H-pyrrole nitrogens is 1. The van der Waals surface area contributed by atoms with Crippen molar-refractivity contribution in [3.05, 3.63) is 89.8 Å². The van der Waals surface area contributed by atoms with Gasteiger partial charge in [-0.15, -0.1) is 0 Å². The average molecular weight is 454 g/mol. The smallest absolute Gasteiger partial charge is 0.302 e. The molecule has 34 heavy (non-hydrogen) atoms. The van der Waals surface area contributed by atoms with E-state index in [4.69, 9.17) is 4.74 Å². The Bertz CT molecular complexity index is 1390. The highest BCUT2D eigenvalue weighted by molar-refractivity contribution is 6.51. The lowest BCUT2D eigenvalue weighted by Gasteiger charge is -2.22. The summed E-state index contributed by atoms with van der Waals surface area (Å²) in [5.41, 5.74) is 2.28. The summed E-state index contributed by atoms with van der Waals surface area (Å²) in [5, 5.41) is 11.3. The van der Waals surface area contributed by atoms with Crippen molar-refractivity contribution in [1.82, 2.24) is 15.0 Å². The molecule has 0 spiro atoms. The van der Waals surface area contributed by atoms with E-state index >= 15 is 0 Å². The van der Waals surface area contributed by atoms with Gasteiger partial charge < -0.3 is 14.8 Å². The Labute approximate surface area is 195 Å². The first-order chi connectivity index (χ1) is 16.4. The molecule has 0 radical (unpaired) electrons. The number of amides is 1. The van der Waals surface area contributed by atoms with Crippen LogP contribution in [0.5, 0.6) is 5.75 Å². The minimum Gasteiger partial charge on any atom is -0.507 e. The quantitative estimate of drug-likeness (QED) is 0.263. The van der Waals surface area contributed by atoms with Gasteiger partial charge in [0.1, 0.15) is 11.5 Å². The summed E-state index contributed by atoms with van der Waals surface area (Å²) in [6, 6.07) is 16.7. The summed E-state index contributed by atoms with van der Waals surface area (Å²) in [4.78, 5) is 39.6. The number of nitrogens with zero attached hydrogens (tertiary/aromatic N) is 3. The minimum absolute atomic E-state index is 0.0415. The van der Waals surface area contributed by atoms with Crippen LogP contribution in [0, 0.1) is 0 Å². The molecule has 4 aromatic rings. The van der Waals surface area contributed by atoms with Gasteiger partial charge in [-0.2, -0.15) is 0 Å². The number of Topliss-reactive ketones (excluding diaryl/α,β-unsaturated/α-hetero) is 1. The number of ketones is 1. The van der Waals surface area contributed by atoms with E-state index in [2.05, 4.69) is 15.0 Å². The van der Waals surface area contributed by atoms with Gasteiger partial charge in [0.05, 0.1) is 28.8 Å². The number of fused-ring (bicyclic) bond motifs is 1. The number of para-hydroxylation sites is 2. The number of carbonyl (C=O) groups excluding carboxylic acids is 2. The molecule has 1 amide bonds. The maximum Gasteiger partial charge on any atom is 0.302 e. The molecular weight excluding hydrogens is 432 g/mol. The number of nitrogens with one attached hydrogen (secondary N) is 1. The van der Waals surface area contributed by atoms with Crippen LogP contribution >= 0.6 is 0 Å². The van der Waals surface area contributed by atoms with E-state index in [-0.39, 0.29) is 23.4 Å². The third kappa shape index (κ3) is 3.69. The fraction of sp³-hybridized carbons (Fsp3) is 0.154. The van der Waals surface area contributed by atoms with Crippen LogP contribution < -0.4 is 9.64 Å². The molecule has 3 heterocycles. The molecule has 8 heteroatoms. The Hall–Kier alpha value is -4.46. The van der Waals surface area contributed by atoms with Gasteiger partial charge in [-0.1, -0.05) is 30.3 Å². The molecule has 2 aromatic heterocycles. The molecule has 2 N–H and O–H groups in total. The van der Waals surface area contributed by atoms with Gasteiger partial charge in [0, 0.05) is 18.0 Å².